The third-order valence-corrected chi connectivity index (χ3v) is 3.41. The minimum Gasteiger partial charge on any atom is -0.361 e. The first-order valence-electron chi connectivity index (χ1n) is 5.78. The molecular formula is C13H17BrN2O. The third kappa shape index (κ3) is 2.70. The Balaban J connectivity index is 2.42. The van der Waals surface area contributed by atoms with Gasteiger partial charge in [-0.15, -0.1) is 0 Å². The third-order valence-electron chi connectivity index (χ3n) is 2.91. The summed E-state index contributed by atoms with van der Waals surface area (Å²) in [6, 6.07) is 6.09. The van der Waals surface area contributed by atoms with Crippen molar-refractivity contribution in [2.45, 2.75) is 26.3 Å². The van der Waals surface area contributed by atoms with E-state index in [-0.39, 0.29) is 6.04 Å². The summed E-state index contributed by atoms with van der Waals surface area (Å²) in [5.74, 6) is 0.525. The summed E-state index contributed by atoms with van der Waals surface area (Å²) in [6.07, 6.45) is 2.86. The van der Waals surface area contributed by atoms with Crippen molar-refractivity contribution in [2.75, 3.05) is 0 Å². The van der Waals surface area contributed by atoms with Crippen LogP contribution >= 0.6 is 15.9 Å². The summed E-state index contributed by atoms with van der Waals surface area (Å²) < 4.78 is 1.05. The van der Waals surface area contributed by atoms with Crippen molar-refractivity contribution in [2.24, 2.45) is 5.92 Å². The number of H-pyrrole nitrogens is 1. The topological polar surface area (TPSA) is 48.0 Å². The monoisotopic (exact) mass is 296 g/mol. The normalized spacial score (nSPS) is 13.5. The van der Waals surface area contributed by atoms with Crippen molar-refractivity contribution in [3.05, 3.63) is 34.4 Å². The summed E-state index contributed by atoms with van der Waals surface area (Å²) in [6.45, 7) is 4.30. The number of nitrogens with one attached hydrogen (secondary N) is 2. The molecule has 0 fully saturated rings. The highest BCUT2D eigenvalue weighted by molar-refractivity contribution is 9.10. The Kier molecular flexibility index (Phi) is 3.86. The van der Waals surface area contributed by atoms with Crippen LogP contribution in [0.2, 0.25) is 0 Å². The average molecular weight is 297 g/mol. The smallest absolute Gasteiger partial charge is 0.0592 e. The highest BCUT2D eigenvalue weighted by atomic mass is 79.9. The number of benzene rings is 1. The predicted octanol–water partition coefficient (Wildman–Crippen LogP) is 4.00. The van der Waals surface area contributed by atoms with E-state index in [1.807, 2.05) is 18.3 Å². The van der Waals surface area contributed by atoms with Gasteiger partial charge in [-0.25, -0.2) is 0 Å². The van der Waals surface area contributed by atoms with Crippen molar-refractivity contribution in [1.29, 1.82) is 0 Å². The first-order chi connectivity index (χ1) is 8.11. The Morgan fingerprint density at radius 3 is 2.82 bits per heavy atom. The minimum absolute atomic E-state index is 0.0296. The second-order valence-corrected chi connectivity index (χ2v) is 5.66. The zero-order valence-electron chi connectivity index (χ0n) is 10.00. The Morgan fingerprint density at radius 1 is 1.41 bits per heavy atom. The molecule has 1 aromatic heterocycles. The van der Waals surface area contributed by atoms with Crippen molar-refractivity contribution >= 4 is 26.8 Å². The molecule has 1 heterocycles. The highest BCUT2D eigenvalue weighted by Gasteiger charge is 2.16. The molecule has 1 unspecified atom stereocenters. The fraction of sp³-hybridized carbons (Fsp3) is 0.385. The number of hydrogen-bond donors (Lipinski definition) is 3. The fourth-order valence-electron chi connectivity index (χ4n) is 2.12. The maximum absolute atomic E-state index is 9.30. The number of hydroxylamine groups is 1. The van der Waals surface area contributed by atoms with E-state index in [2.05, 4.69) is 46.3 Å². The lowest BCUT2D eigenvalue weighted by molar-refractivity contribution is 0.116. The molecule has 1 aromatic carbocycles. The van der Waals surface area contributed by atoms with Crippen LogP contribution in [0.15, 0.2) is 28.9 Å². The van der Waals surface area contributed by atoms with E-state index in [9.17, 15) is 5.21 Å². The van der Waals surface area contributed by atoms with Crippen LogP contribution in [0.5, 0.6) is 0 Å². The Hall–Kier alpha value is -0.840. The molecule has 2 aromatic rings. The molecule has 0 bridgehead atoms. The van der Waals surface area contributed by atoms with Gasteiger partial charge in [-0.2, -0.15) is 5.48 Å². The van der Waals surface area contributed by atoms with E-state index >= 15 is 0 Å². The van der Waals surface area contributed by atoms with E-state index in [0.29, 0.717) is 5.92 Å². The number of rotatable bonds is 4. The molecule has 2 rings (SSSR count). The van der Waals surface area contributed by atoms with Gasteiger partial charge in [0.15, 0.2) is 0 Å². The second kappa shape index (κ2) is 5.21. The van der Waals surface area contributed by atoms with Crippen molar-refractivity contribution in [3.63, 3.8) is 0 Å². The number of aromatic nitrogens is 1. The maximum Gasteiger partial charge on any atom is 0.0592 e. The fourth-order valence-corrected chi connectivity index (χ4v) is 2.48. The molecule has 1 atom stereocenters. The highest BCUT2D eigenvalue weighted by Crippen LogP contribution is 2.29. The van der Waals surface area contributed by atoms with Crippen molar-refractivity contribution in [1.82, 2.24) is 10.5 Å². The lowest BCUT2D eigenvalue weighted by Gasteiger charge is -2.16. The van der Waals surface area contributed by atoms with Crippen molar-refractivity contribution < 1.29 is 5.21 Å². The summed E-state index contributed by atoms with van der Waals surface area (Å²) >= 11 is 3.48. The molecule has 0 aliphatic rings. The molecule has 0 aliphatic heterocycles. The zero-order valence-corrected chi connectivity index (χ0v) is 11.6. The first kappa shape index (κ1) is 12.6. The van der Waals surface area contributed by atoms with Gasteiger partial charge in [-0.1, -0.05) is 29.8 Å². The molecule has 3 nitrogen and oxygen atoms in total. The average Bonchev–Trinajstić information content (AvgIpc) is 2.68. The van der Waals surface area contributed by atoms with E-state index < -0.39 is 0 Å². The lowest BCUT2D eigenvalue weighted by atomic mass is 9.97. The summed E-state index contributed by atoms with van der Waals surface area (Å²) in [5.41, 5.74) is 4.61. The van der Waals surface area contributed by atoms with Gasteiger partial charge in [0.25, 0.3) is 0 Å². The molecule has 17 heavy (non-hydrogen) atoms. The molecule has 3 N–H and O–H groups in total. The maximum atomic E-state index is 9.30. The van der Waals surface area contributed by atoms with Crippen LogP contribution in [0.1, 0.15) is 31.9 Å². The summed E-state index contributed by atoms with van der Waals surface area (Å²) in [7, 11) is 0. The Morgan fingerprint density at radius 2 is 2.18 bits per heavy atom. The van der Waals surface area contributed by atoms with Crippen LogP contribution in [0.4, 0.5) is 0 Å². The standard InChI is InChI=1S/C13H17BrN2O/c1-8(2)5-13(16-17)11-7-15-12-4-3-9(14)6-10(11)12/h3-4,6-8,13,15-17H,5H2,1-2H3. The molecular weight excluding hydrogens is 280 g/mol. The van der Waals surface area contributed by atoms with Crippen LogP contribution in [0, 0.1) is 5.92 Å². The van der Waals surface area contributed by atoms with Gasteiger partial charge >= 0.3 is 0 Å². The number of fused-ring (bicyclic) bond motifs is 1. The van der Waals surface area contributed by atoms with E-state index in [1.54, 1.807) is 0 Å². The molecule has 92 valence electrons. The van der Waals surface area contributed by atoms with Crippen LogP contribution in [-0.2, 0) is 0 Å². The van der Waals surface area contributed by atoms with E-state index in [4.69, 9.17) is 0 Å². The lowest BCUT2D eigenvalue weighted by Crippen LogP contribution is -2.18. The zero-order chi connectivity index (χ0) is 12.4. The van der Waals surface area contributed by atoms with Crippen LogP contribution in [0.25, 0.3) is 10.9 Å². The SMILES string of the molecule is CC(C)CC(NO)c1c[nH]c2ccc(Br)cc12. The summed E-state index contributed by atoms with van der Waals surface area (Å²) in [4.78, 5) is 3.23. The quantitative estimate of drug-likeness (QED) is 0.747. The Bertz CT molecular complexity index is 507. The van der Waals surface area contributed by atoms with Gasteiger partial charge in [0.1, 0.15) is 0 Å². The van der Waals surface area contributed by atoms with Gasteiger partial charge < -0.3 is 10.2 Å². The molecule has 0 aliphatic carbocycles. The van der Waals surface area contributed by atoms with Gasteiger partial charge in [0.2, 0.25) is 0 Å². The molecule has 0 radical (unpaired) electrons. The van der Waals surface area contributed by atoms with Gasteiger partial charge in [-0.05, 0) is 36.1 Å². The minimum atomic E-state index is -0.0296. The number of aromatic amines is 1. The molecule has 4 heteroatoms. The predicted molar refractivity (Wildman–Crippen MR) is 73.1 cm³/mol. The Labute approximate surface area is 109 Å². The second-order valence-electron chi connectivity index (χ2n) is 4.75. The molecule has 0 amide bonds. The molecule has 0 saturated heterocycles. The largest absolute Gasteiger partial charge is 0.361 e. The van der Waals surface area contributed by atoms with E-state index in [0.717, 1.165) is 27.4 Å². The van der Waals surface area contributed by atoms with E-state index in [1.165, 1.54) is 0 Å². The first-order valence-corrected chi connectivity index (χ1v) is 6.57. The van der Waals surface area contributed by atoms with Crippen molar-refractivity contribution in [3.8, 4) is 0 Å². The number of hydrogen-bond acceptors (Lipinski definition) is 2. The molecule has 0 saturated carbocycles. The van der Waals surface area contributed by atoms with Crippen LogP contribution in [0.3, 0.4) is 0 Å². The number of halogens is 1. The van der Waals surface area contributed by atoms with Crippen LogP contribution < -0.4 is 5.48 Å². The van der Waals surface area contributed by atoms with Crippen LogP contribution in [-0.4, -0.2) is 10.2 Å². The van der Waals surface area contributed by atoms with Gasteiger partial charge in [-0.3, -0.25) is 0 Å². The molecule has 0 spiro atoms. The summed E-state index contributed by atoms with van der Waals surface area (Å²) in [5, 5.41) is 10.4. The van der Waals surface area contributed by atoms with Gasteiger partial charge in [0.05, 0.1) is 6.04 Å². The van der Waals surface area contributed by atoms with Gasteiger partial charge in [0, 0.05) is 21.6 Å².